The van der Waals surface area contributed by atoms with Crippen molar-refractivity contribution >= 4 is 30.7 Å². The van der Waals surface area contributed by atoms with Crippen molar-refractivity contribution in [2.75, 3.05) is 26.2 Å². The van der Waals surface area contributed by atoms with Gasteiger partial charge in [-0.3, -0.25) is 4.79 Å². The van der Waals surface area contributed by atoms with Gasteiger partial charge in [0.25, 0.3) is 0 Å². The van der Waals surface area contributed by atoms with Gasteiger partial charge < -0.3 is 15.5 Å². The number of rotatable bonds is 4. The summed E-state index contributed by atoms with van der Waals surface area (Å²) in [5.74, 6) is 0.194. The van der Waals surface area contributed by atoms with Crippen molar-refractivity contribution in [3.63, 3.8) is 0 Å². The van der Waals surface area contributed by atoms with Crippen LogP contribution in [-0.2, 0) is 4.79 Å². The number of carbonyl (C=O) groups is 1. The average molecular weight is 326 g/mol. The van der Waals surface area contributed by atoms with Gasteiger partial charge in [-0.2, -0.15) is 0 Å². The molecule has 0 aromatic carbocycles. The Hall–Kier alpha value is -0.0300. The van der Waals surface area contributed by atoms with Gasteiger partial charge in [-0.15, -0.1) is 24.8 Å². The van der Waals surface area contributed by atoms with E-state index in [0.29, 0.717) is 0 Å². The first-order valence-electron chi connectivity index (χ1n) is 7.52. The van der Waals surface area contributed by atoms with Crippen molar-refractivity contribution in [3.05, 3.63) is 0 Å². The lowest BCUT2D eigenvalue weighted by Crippen LogP contribution is -2.51. The third-order valence-corrected chi connectivity index (χ3v) is 4.00. The summed E-state index contributed by atoms with van der Waals surface area (Å²) >= 11 is 0. The predicted molar refractivity (Wildman–Crippen MR) is 88.0 cm³/mol. The Morgan fingerprint density at radius 1 is 1.20 bits per heavy atom. The zero-order chi connectivity index (χ0) is 12.8. The second kappa shape index (κ2) is 10.7. The first kappa shape index (κ1) is 20.0. The summed E-state index contributed by atoms with van der Waals surface area (Å²) in [6, 6.07) is 0.307. The zero-order valence-corrected chi connectivity index (χ0v) is 14.0. The third-order valence-electron chi connectivity index (χ3n) is 4.00. The largest absolute Gasteiger partial charge is 0.351 e. The van der Waals surface area contributed by atoms with E-state index in [-0.39, 0.29) is 42.8 Å². The third kappa shape index (κ3) is 6.61. The number of nitrogens with one attached hydrogen (secondary N) is 2. The van der Waals surface area contributed by atoms with Gasteiger partial charge in [0.2, 0.25) is 5.91 Å². The maximum absolute atomic E-state index is 12.1. The molecule has 2 heterocycles. The van der Waals surface area contributed by atoms with Crippen LogP contribution >= 0.6 is 24.8 Å². The van der Waals surface area contributed by atoms with E-state index in [1.165, 1.54) is 45.2 Å². The van der Waals surface area contributed by atoms with Crippen LogP contribution in [0.5, 0.6) is 0 Å². The summed E-state index contributed by atoms with van der Waals surface area (Å²) in [5, 5.41) is 6.46. The summed E-state index contributed by atoms with van der Waals surface area (Å²) in [4.78, 5) is 14.5. The van der Waals surface area contributed by atoms with Crippen LogP contribution in [0.25, 0.3) is 0 Å². The molecule has 1 amide bonds. The van der Waals surface area contributed by atoms with Crippen LogP contribution in [0.3, 0.4) is 0 Å². The molecule has 2 aliphatic rings. The van der Waals surface area contributed by atoms with Crippen molar-refractivity contribution in [1.82, 2.24) is 15.5 Å². The Labute approximate surface area is 135 Å². The van der Waals surface area contributed by atoms with Crippen LogP contribution in [0.15, 0.2) is 0 Å². The van der Waals surface area contributed by atoms with Gasteiger partial charge in [-0.05, 0) is 52.2 Å². The molecule has 2 fully saturated rings. The number of piperidine rings is 2. The van der Waals surface area contributed by atoms with E-state index >= 15 is 0 Å². The lowest BCUT2D eigenvalue weighted by molar-refractivity contribution is -0.124. The predicted octanol–water partition coefficient (Wildman–Crippen LogP) is 1.96. The molecule has 0 aromatic rings. The molecule has 0 aromatic heterocycles. The van der Waals surface area contributed by atoms with Crippen LogP contribution in [0.4, 0.5) is 0 Å². The number of amides is 1. The average Bonchev–Trinajstić information content (AvgIpc) is 2.40. The Morgan fingerprint density at radius 2 is 1.90 bits per heavy atom. The van der Waals surface area contributed by atoms with E-state index < -0.39 is 0 Å². The number of hydrogen-bond acceptors (Lipinski definition) is 3. The monoisotopic (exact) mass is 325 g/mol. The standard InChI is InChI=1S/C14H27N3O.2ClH/c1-12(11-17-9-5-2-6-10-17)16-14(18)13-7-3-4-8-15-13;;/h12-13,15H,2-11H2,1H3,(H,16,18);2*1H/t12?,13-;;/m0../s1. The number of hydrogen-bond donors (Lipinski definition) is 2. The number of carbonyl (C=O) groups excluding carboxylic acids is 1. The highest BCUT2D eigenvalue weighted by molar-refractivity contribution is 5.85. The molecule has 0 radical (unpaired) electrons. The number of nitrogens with zero attached hydrogens (tertiary/aromatic N) is 1. The first-order chi connectivity index (χ1) is 8.75. The molecule has 2 rings (SSSR count). The fraction of sp³-hybridized carbons (Fsp3) is 0.929. The Kier molecular flexibility index (Phi) is 10.6. The SMILES string of the molecule is CC(CN1CCCCC1)NC(=O)[C@@H]1CCCCN1.Cl.Cl. The minimum Gasteiger partial charge on any atom is -0.351 e. The van der Waals surface area contributed by atoms with Gasteiger partial charge >= 0.3 is 0 Å². The van der Waals surface area contributed by atoms with E-state index in [1.807, 2.05) is 0 Å². The van der Waals surface area contributed by atoms with Crippen molar-refractivity contribution in [2.24, 2.45) is 0 Å². The van der Waals surface area contributed by atoms with Gasteiger partial charge in [0, 0.05) is 12.6 Å². The molecule has 20 heavy (non-hydrogen) atoms. The molecule has 120 valence electrons. The normalized spacial score (nSPS) is 24.9. The van der Waals surface area contributed by atoms with Crippen LogP contribution in [-0.4, -0.2) is 49.1 Å². The maximum atomic E-state index is 12.1. The molecule has 0 spiro atoms. The highest BCUT2D eigenvalue weighted by Crippen LogP contribution is 2.10. The Balaban J connectivity index is 0.00000180. The van der Waals surface area contributed by atoms with Crippen LogP contribution in [0.1, 0.15) is 45.4 Å². The summed E-state index contributed by atoms with van der Waals surface area (Å²) in [6.07, 6.45) is 7.35. The van der Waals surface area contributed by atoms with Gasteiger partial charge in [-0.1, -0.05) is 12.8 Å². The molecule has 0 bridgehead atoms. The fourth-order valence-corrected chi connectivity index (χ4v) is 2.99. The molecular weight excluding hydrogens is 297 g/mol. The lowest BCUT2D eigenvalue weighted by atomic mass is 10.0. The van der Waals surface area contributed by atoms with Gasteiger partial charge in [0.15, 0.2) is 0 Å². The molecule has 4 nitrogen and oxygen atoms in total. The minimum atomic E-state index is 0. The molecule has 6 heteroatoms. The second-order valence-corrected chi connectivity index (χ2v) is 5.77. The topological polar surface area (TPSA) is 44.4 Å². The van der Waals surface area contributed by atoms with Crippen LogP contribution in [0.2, 0.25) is 0 Å². The highest BCUT2D eigenvalue weighted by atomic mass is 35.5. The van der Waals surface area contributed by atoms with Crippen molar-refractivity contribution < 1.29 is 4.79 Å². The van der Waals surface area contributed by atoms with Gasteiger partial charge in [-0.25, -0.2) is 0 Å². The van der Waals surface area contributed by atoms with Crippen LogP contribution < -0.4 is 10.6 Å². The van der Waals surface area contributed by atoms with E-state index in [0.717, 1.165) is 19.5 Å². The molecular formula is C14H29Cl2N3O. The second-order valence-electron chi connectivity index (χ2n) is 5.77. The number of likely N-dealkylation sites (tertiary alicyclic amines) is 1. The minimum absolute atomic E-state index is 0. The zero-order valence-electron chi connectivity index (χ0n) is 12.4. The van der Waals surface area contributed by atoms with Crippen molar-refractivity contribution in [1.29, 1.82) is 0 Å². The molecule has 0 aliphatic carbocycles. The van der Waals surface area contributed by atoms with E-state index in [2.05, 4.69) is 22.5 Å². The van der Waals surface area contributed by atoms with E-state index in [4.69, 9.17) is 0 Å². The molecule has 2 aliphatic heterocycles. The van der Waals surface area contributed by atoms with E-state index in [9.17, 15) is 4.79 Å². The van der Waals surface area contributed by atoms with Crippen molar-refractivity contribution in [3.8, 4) is 0 Å². The van der Waals surface area contributed by atoms with E-state index in [1.54, 1.807) is 0 Å². The molecule has 0 saturated carbocycles. The quantitative estimate of drug-likeness (QED) is 0.830. The van der Waals surface area contributed by atoms with Crippen molar-refractivity contribution in [2.45, 2.75) is 57.5 Å². The van der Waals surface area contributed by atoms with Crippen LogP contribution in [0, 0.1) is 0 Å². The summed E-state index contributed by atoms with van der Waals surface area (Å²) in [7, 11) is 0. The van der Waals surface area contributed by atoms with Gasteiger partial charge in [0.1, 0.15) is 0 Å². The number of halogens is 2. The maximum Gasteiger partial charge on any atom is 0.237 e. The summed E-state index contributed by atoms with van der Waals surface area (Å²) in [6.45, 7) is 6.50. The smallest absolute Gasteiger partial charge is 0.237 e. The molecule has 2 atom stereocenters. The Bertz CT molecular complexity index is 267. The van der Waals surface area contributed by atoms with Gasteiger partial charge in [0.05, 0.1) is 6.04 Å². The fourth-order valence-electron chi connectivity index (χ4n) is 2.99. The highest BCUT2D eigenvalue weighted by Gasteiger charge is 2.22. The molecule has 1 unspecified atom stereocenters. The first-order valence-corrected chi connectivity index (χ1v) is 7.52. The Morgan fingerprint density at radius 3 is 2.50 bits per heavy atom. The summed E-state index contributed by atoms with van der Waals surface area (Å²) < 4.78 is 0. The molecule has 2 N–H and O–H groups in total. The lowest BCUT2D eigenvalue weighted by Gasteiger charge is -2.30. The summed E-state index contributed by atoms with van der Waals surface area (Å²) in [5.41, 5.74) is 0. The molecule has 2 saturated heterocycles.